The molecule has 150 valence electrons. The molecule has 0 unspecified atom stereocenters. The Hall–Kier alpha value is -3.08. The maximum atomic E-state index is 12.7. The van der Waals surface area contributed by atoms with Gasteiger partial charge in [0.05, 0.1) is 12.2 Å². The first-order valence-corrected chi connectivity index (χ1v) is 10.2. The number of amides is 1. The molecular formula is C24H27N3O2. The number of carbonyl (C=O) groups excluding carboxylic acids is 1. The van der Waals surface area contributed by atoms with Crippen molar-refractivity contribution in [3.05, 3.63) is 82.8 Å². The molecule has 0 spiro atoms. The molecule has 0 bridgehead atoms. The molecule has 5 heteroatoms. The first-order chi connectivity index (χ1) is 14.1. The van der Waals surface area contributed by atoms with Crippen LogP contribution in [0.2, 0.25) is 0 Å². The quantitative estimate of drug-likeness (QED) is 0.626. The lowest BCUT2D eigenvalue weighted by molar-refractivity contribution is 0.0950. The molecule has 1 fully saturated rings. The normalized spacial score (nSPS) is 13.3. The molecule has 3 aromatic rings. The zero-order chi connectivity index (χ0) is 20.2. The summed E-state index contributed by atoms with van der Waals surface area (Å²) < 4.78 is 7.84. The van der Waals surface area contributed by atoms with Crippen molar-refractivity contribution in [3.8, 4) is 5.88 Å². The van der Waals surface area contributed by atoms with Crippen LogP contribution in [0.4, 0.5) is 0 Å². The van der Waals surface area contributed by atoms with E-state index in [1.165, 1.54) is 18.4 Å². The number of ether oxygens (including phenoxy) is 1. The summed E-state index contributed by atoms with van der Waals surface area (Å²) in [5.74, 6) is 1.29. The number of rotatable bonds is 8. The lowest BCUT2D eigenvalue weighted by atomic mass is 10.2. The van der Waals surface area contributed by atoms with Crippen molar-refractivity contribution in [2.75, 3.05) is 6.61 Å². The lowest BCUT2D eigenvalue weighted by Crippen LogP contribution is -2.23. The Balaban J connectivity index is 1.36. The molecule has 2 heterocycles. The molecule has 1 saturated carbocycles. The highest BCUT2D eigenvalue weighted by Crippen LogP contribution is 2.29. The van der Waals surface area contributed by atoms with Gasteiger partial charge in [-0.25, -0.2) is 4.98 Å². The molecule has 4 rings (SSSR count). The standard InChI is InChI=1S/C24H27N3O2/c1-17-12-22(18(2)27(17)15-19-6-4-3-5-7-19)24(28)26-14-21-10-11-23(25-13-21)29-16-20-8-9-20/h3-7,10-13,20H,8-9,14-16H2,1-2H3,(H,26,28). The SMILES string of the molecule is Cc1cc(C(=O)NCc2ccc(OCC3CC3)nc2)c(C)n1Cc1ccccc1. The molecule has 5 nitrogen and oxygen atoms in total. The van der Waals surface area contributed by atoms with Crippen molar-refractivity contribution in [1.29, 1.82) is 0 Å². The van der Waals surface area contributed by atoms with Gasteiger partial charge in [-0.15, -0.1) is 0 Å². The van der Waals surface area contributed by atoms with Gasteiger partial charge >= 0.3 is 0 Å². The number of nitrogens with zero attached hydrogens (tertiary/aromatic N) is 2. The topological polar surface area (TPSA) is 56.1 Å². The Morgan fingerprint density at radius 2 is 1.93 bits per heavy atom. The van der Waals surface area contributed by atoms with Gasteiger partial charge < -0.3 is 14.6 Å². The third-order valence-corrected chi connectivity index (χ3v) is 5.42. The van der Waals surface area contributed by atoms with Gasteiger partial charge in [0.2, 0.25) is 5.88 Å². The van der Waals surface area contributed by atoms with Crippen molar-refractivity contribution in [1.82, 2.24) is 14.9 Å². The minimum atomic E-state index is -0.0635. The van der Waals surface area contributed by atoms with Crippen LogP contribution >= 0.6 is 0 Å². The third kappa shape index (κ3) is 4.86. The predicted molar refractivity (Wildman–Crippen MR) is 113 cm³/mol. The second-order valence-corrected chi connectivity index (χ2v) is 7.80. The molecule has 2 aromatic heterocycles. The summed E-state index contributed by atoms with van der Waals surface area (Å²) in [6.45, 7) is 5.99. The van der Waals surface area contributed by atoms with Crippen LogP contribution in [0.15, 0.2) is 54.7 Å². The Kier molecular flexibility index (Phi) is 5.65. The zero-order valence-corrected chi connectivity index (χ0v) is 17.0. The molecule has 0 atom stereocenters. The lowest BCUT2D eigenvalue weighted by Gasteiger charge is -2.10. The molecule has 1 aromatic carbocycles. The number of aryl methyl sites for hydroxylation is 1. The van der Waals surface area contributed by atoms with Gasteiger partial charge in [-0.3, -0.25) is 4.79 Å². The van der Waals surface area contributed by atoms with Gasteiger partial charge in [-0.1, -0.05) is 36.4 Å². The van der Waals surface area contributed by atoms with E-state index in [2.05, 4.69) is 27.0 Å². The van der Waals surface area contributed by atoms with Crippen molar-refractivity contribution < 1.29 is 9.53 Å². The van der Waals surface area contributed by atoms with E-state index in [4.69, 9.17) is 4.74 Å². The molecule has 0 aliphatic heterocycles. The molecule has 1 aliphatic rings. The van der Waals surface area contributed by atoms with Gasteiger partial charge in [0.15, 0.2) is 0 Å². The molecule has 29 heavy (non-hydrogen) atoms. The third-order valence-electron chi connectivity index (χ3n) is 5.42. The van der Waals surface area contributed by atoms with Crippen LogP contribution in [-0.2, 0) is 13.1 Å². The van der Waals surface area contributed by atoms with Crippen LogP contribution in [0.25, 0.3) is 0 Å². The Labute approximate surface area is 171 Å². The Morgan fingerprint density at radius 1 is 1.14 bits per heavy atom. The van der Waals surface area contributed by atoms with Gasteiger partial charge in [0.25, 0.3) is 5.91 Å². The minimum absolute atomic E-state index is 0.0635. The number of aromatic nitrogens is 2. The van der Waals surface area contributed by atoms with Crippen molar-refractivity contribution in [2.24, 2.45) is 5.92 Å². The summed E-state index contributed by atoms with van der Waals surface area (Å²) in [5.41, 5.74) is 4.95. The maximum Gasteiger partial charge on any atom is 0.253 e. The van der Waals surface area contributed by atoms with Crippen LogP contribution in [0.5, 0.6) is 5.88 Å². The fourth-order valence-corrected chi connectivity index (χ4v) is 3.41. The van der Waals surface area contributed by atoms with Gasteiger partial charge in [-0.2, -0.15) is 0 Å². The highest BCUT2D eigenvalue weighted by atomic mass is 16.5. The summed E-state index contributed by atoms with van der Waals surface area (Å²) >= 11 is 0. The fraction of sp³-hybridized carbons (Fsp3) is 0.333. The van der Waals surface area contributed by atoms with Crippen molar-refractivity contribution >= 4 is 5.91 Å². The van der Waals surface area contributed by atoms with Crippen LogP contribution in [0.1, 0.15) is 45.7 Å². The molecular weight excluding hydrogens is 362 g/mol. The van der Waals surface area contributed by atoms with E-state index in [1.54, 1.807) is 6.20 Å². The molecule has 1 amide bonds. The highest BCUT2D eigenvalue weighted by Gasteiger charge is 2.22. The first kappa shape index (κ1) is 19.2. The average Bonchev–Trinajstić information content (AvgIpc) is 3.53. The van der Waals surface area contributed by atoms with Crippen LogP contribution in [-0.4, -0.2) is 22.1 Å². The van der Waals surface area contributed by atoms with E-state index in [1.807, 2.05) is 50.2 Å². The van der Waals surface area contributed by atoms with Gasteiger partial charge in [0, 0.05) is 36.7 Å². The summed E-state index contributed by atoms with van der Waals surface area (Å²) in [5, 5.41) is 3.01. The van der Waals surface area contributed by atoms with E-state index < -0.39 is 0 Å². The van der Waals surface area contributed by atoms with E-state index in [-0.39, 0.29) is 5.91 Å². The molecule has 0 saturated heterocycles. The summed E-state index contributed by atoms with van der Waals surface area (Å²) in [6.07, 6.45) is 4.29. The number of pyridine rings is 1. The van der Waals surface area contributed by atoms with E-state index in [9.17, 15) is 4.79 Å². The second kappa shape index (κ2) is 8.52. The molecule has 1 aliphatic carbocycles. The number of hydrogen-bond acceptors (Lipinski definition) is 3. The molecule has 1 N–H and O–H groups in total. The minimum Gasteiger partial charge on any atom is -0.477 e. The van der Waals surface area contributed by atoms with Crippen LogP contribution in [0, 0.1) is 19.8 Å². The smallest absolute Gasteiger partial charge is 0.253 e. The van der Waals surface area contributed by atoms with Gasteiger partial charge in [0.1, 0.15) is 0 Å². The first-order valence-electron chi connectivity index (χ1n) is 10.2. The number of nitrogens with one attached hydrogen (secondary N) is 1. The largest absolute Gasteiger partial charge is 0.477 e. The average molecular weight is 389 g/mol. The van der Waals surface area contributed by atoms with Crippen LogP contribution < -0.4 is 10.1 Å². The Bertz CT molecular complexity index is 973. The zero-order valence-electron chi connectivity index (χ0n) is 17.0. The van der Waals surface area contributed by atoms with Crippen molar-refractivity contribution in [3.63, 3.8) is 0 Å². The highest BCUT2D eigenvalue weighted by molar-refractivity contribution is 5.95. The predicted octanol–water partition coefficient (Wildman–Crippen LogP) is 4.27. The summed E-state index contributed by atoms with van der Waals surface area (Å²) in [4.78, 5) is 17.1. The van der Waals surface area contributed by atoms with E-state index in [0.29, 0.717) is 18.3 Å². The fourth-order valence-electron chi connectivity index (χ4n) is 3.41. The number of carbonyl (C=O) groups is 1. The van der Waals surface area contributed by atoms with Crippen LogP contribution in [0.3, 0.4) is 0 Å². The number of hydrogen-bond donors (Lipinski definition) is 1. The number of benzene rings is 1. The summed E-state index contributed by atoms with van der Waals surface area (Å²) in [6, 6.07) is 16.1. The maximum absolute atomic E-state index is 12.7. The van der Waals surface area contributed by atoms with Gasteiger partial charge in [-0.05, 0) is 49.8 Å². The summed E-state index contributed by atoms with van der Waals surface area (Å²) in [7, 11) is 0. The Morgan fingerprint density at radius 3 is 2.62 bits per heavy atom. The van der Waals surface area contributed by atoms with Crippen molar-refractivity contribution in [2.45, 2.75) is 39.8 Å². The second-order valence-electron chi connectivity index (χ2n) is 7.80. The molecule has 0 radical (unpaired) electrons. The monoisotopic (exact) mass is 389 g/mol. The van der Waals surface area contributed by atoms with E-state index in [0.717, 1.165) is 35.7 Å². The van der Waals surface area contributed by atoms with E-state index >= 15 is 0 Å².